The number of rotatable bonds is 7. The molecule has 7 heteroatoms. The minimum Gasteiger partial charge on any atom is -0.497 e. The zero-order valence-corrected chi connectivity index (χ0v) is 16.8. The van der Waals surface area contributed by atoms with E-state index in [0.29, 0.717) is 18.1 Å². The first-order valence-corrected chi connectivity index (χ1v) is 10.3. The van der Waals surface area contributed by atoms with E-state index < -0.39 is 10.0 Å². The van der Waals surface area contributed by atoms with Crippen molar-refractivity contribution in [2.75, 3.05) is 13.7 Å². The van der Waals surface area contributed by atoms with Crippen LogP contribution in [0.2, 0.25) is 0 Å². The van der Waals surface area contributed by atoms with Crippen molar-refractivity contribution in [1.29, 1.82) is 0 Å². The lowest BCUT2D eigenvalue weighted by atomic mass is 10.0. The molecule has 0 spiro atoms. The van der Waals surface area contributed by atoms with Crippen molar-refractivity contribution in [3.63, 3.8) is 0 Å². The number of hydrazone groups is 1. The third-order valence-corrected chi connectivity index (χ3v) is 5.47. The van der Waals surface area contributed by atoms with Gasteiger partial charge in [-0.05, 0) is 72.6 Å². The van der Waals surface area contributed by atoms with Gasteiger partial charge in [0.05, 0.1) is 24.3 Å². The third-order valence-electron chi connectivity index (χ3n) is 4.24. The van der Waals surface area contributed by atoms with Crippen molar-refractivity contribution >= 4 is 26.5 Å². The summed E-state index contributed by atoms with van der Waals surface area (Å²) >= 11 is 0. The molecule has 0 saturated heterocycles. The van der Waals surface area contributed by atoms with Crippen LogP contribution in [0, 0.1) is 0 Å². The number of fused-ring (bicyclic) bond motifs is 1. The van der Waals surface area contributed by atoms with Crippen molar-refractivity contribution in [1.82, 2.24) is 4.83 Å². The second kappa shape index (κ2) is 8.31. The summed E-state index contributed by atoms with van der Waals surface area (Å²) in [5.41, 5.74) is 1.39. The lowest BCUT2D eigenvalue weighted by molar-refractivity contribution is 0.340. The van der Waals surface area contributed by atoms with E-state index in [1.54, 1.807) is 26.2 Å². The molecular weight excluding hydrogens is 376 g/mol. The molecule has 0 aliphatic carbocycles. The number of benzene rings is 3. The molecule has 6 nitrogen and oxygen atoms in total. The van der Waals surface area contributed by atoms with E-state index in [-0.39, 0.29) is 4.90 Å². The van der Waals surface area contributed by atoms with E-state index in [1.807, 2.05) is 43.3 Å². The molecule has 3 rings (SSSR count). The molecule has 0 aromatic heterocycles. The predicted molar refractivity (Wildman–Crippen MR) is 111 cm³/mol. The predicted octanol–water partition coefficient (Wildman–Crippen LogP) is 3.95. The van der Waals surface area contributed by atoms with Gasteiger partial charge >= 0.3 is 0 Å². The van der Waals surface area contributed by atoms with Crippen LogP contribution in [0.4, 0.5) is 0 Å². The molecule has 146 valence electrons. The van der Waals surface area contributed by atoms with Gasteiger partial charge in [0.2, 0.25) is 0 Å². The first-order valence-electron chi connectivity index (χ1n) is 8.80. The number of hydrogen-bond acceptors (Lipinski definition) is 5. The minimum atomic E-state index is -3.76. The molecule has 0 atom stereocenters. The number of ether oxygens (including phenoxy) is 2. The van der Waals surface area contributed by atoms with Gasteiger partial charge in [-0.15, -0.1) is 0 Å². The number of methoxy groups -OCH3 is 1. The van der Waals surface area contributed by atoms with E-state index >= 15 is 0 Å². The highest BCUT2D eigenvalue weighted by molar-refractivity contribution is 7.89. The lowest BCUT2D eigenvalue weighted by Gasteiger charge is -2.08. The van der Waals surface area contributed by atoms with Crippen LogP contribution in [0.5, 0.6) is 11.5 Å². The Kier molecular flexibility index (Phi) is 5.84. The first-order chi connectivity index (χ1) is 13.4. The normalized spacial score (nSPS) is 12.0. The molecule has 0 fully saturated rings. The van der Waals surface area contributed by atoms with Gasteiger partial charge in [0, 0.05) is 0 Å². The van der Waals surface area contributed by atoms with Crippen LogP contribution >= 0.6 is 0 Å². The first kappa shape index (κ1) is 19.7. The van der Waals surface area contributed by atoms with Crippen LogP contribution in [0.1, 0.15) is 19.4 Å². The van der Waals surface area contributed by atoms with Gasteiger partial charge in [0.15, 0.2) is 0 Å². The summed E-state index contributed by atoms with van der Waals surface area (Å²) < 4.78 is 35.5. The van der Waals surface area contributed by atoms with E-state index in [0.717, 1.165) is 22.1 Å². The Morgan fingerprint density at radius 2 is 1.61 bits per heavy atom. The van der Waals surface area contributed by atoms with E-state index in [2.05, 4.69) is 9.93 Å². The molecule has 0 aliphatic heterocycles. The third kappa shape index (κ3) is 4.43. The van der Waals surface area contributed by atoms with Crippen molar-refractivity contribution in [3.05, 3.63) is 66.2 Å². The quantitative estimate of drug-likeness (QED) is 0.483. The fourth-order valence-electron chi connectivity index (χ4n) is 2.70. The second-order valence-electron chi connectivity index (χ2n) is 6.12. The summed E-state index contributed by atoms with van der Waals surface area (Å²) in [5.74, 6) is 1.41. The molecule has 0 unspecified atom stereocenters. The van der Waals surface area contributed by atoms with Crippen LogP contribution in [-0.4, -0.2) is 27.8 Å². The van der Waals surface area contributed by atoms with Gasteiger partial charge in [-0.2, -0.15) is 18.4 Å². The molecule has 0 heterocycles. The Hall–Kier alpha value is -3.06. The van der Waals surface area contributed by atoms with Gasteiger partial charge in [-0.25, -0.2) is 0 Å². The molecular formula is C21H22N2O4S. The standard InChI is InChI=1S/C21H22N2O4S/c1-4-27-19-9-11-21(12-10-19)28(24,25)23-22-15(2)16-5-6-18-14-20(26-3)8-7-17(18)13-16/h5-14,23H,4H2,1-3H3. The van der Waals surface area contributed by atoms with E-state index in [1.165, 1.54) is 12.1 Å². The molecule has 1 N–H and O–H groups in total. The molecule has 0 radical (unpaired) electrons. The Labute approximate surface area is 164 Å². The highest BCUT2D eigenvalue weighted by Crippen LogP contribution is 2.22. The van der Waals surface area contributed by atoms with Gasteiger partial charge in [-0.1, -0.05) is 18.2 Å². The Morgan fingerprint density at radius 3 is 2.29 bits per heavy atom. The second-order valence-corrected chi connectivity index (χ2v) is 7.79. The molecule has 0 aliphatic rings. The SMILES string of the molecule is CCOc1ccc(S(=O)(=O)NN=C(C)c2ccc3cc(OC)ccc3c2)cc1. The summed E-state index contributed by atoms with van der Waals surface area (Å²) in [6.45, 7) is 4.14. The van der Waals surface area contributed by atoms with E-state index in [4.69, 9.17) is 9.47 Å². The van der Waals surface area contributed by atoms with Crippen LogP contribution in [0.15, 0.2) is 70.7 Å². The minimum absolute atomic E-state index is 0.123. The highest BCUT2D eigenvalue weighted by atomic mass is 32.2. The van der Waals surface area contributed by atoms with Gasteiger partial charge in [-0.3, -0.25) is 0 Å². The molecule has 28 heavy (non-hydrogen) atoms. The average Bonchev–Trinajstić information content (AvgIpc) is 2.72. The summed E-state index contributed by atoms with van der Waals surface area (Å²) in [7, 11) is -2.13. The zero-order chi connectivity index (χ0) is 20.1. The Bertz CT molecular complexity index is 1110. The van der Waals surface area contributed by atoms with Crippen molar-refractivity contribution < 1.29 is 17.9 Å². The van der Waals surface area contributed by atoms with Gasteiger partial charge in [0.1, 0.15) is 11.5 Å². The fourth-order valence-corrected chi connectivity index (χ4v) is 3.56. The number of hydrogen-bond donors (Lipinski definition) is 1. The Morgan fingerprint density at radius 1 is 0.964 bits per heavy atom. The number of nitrogens with one attached hydrogen (secondary N) is 1. The van der Waals surface area contributed by atoms with Crippen molar-refractivity contribution in [3.8, 4) is 11.5 Å². The largest absolute Gasteiger partial charge is 0.497 e. The van der Waals surface area contributed by atoms with Crippen LogP contribution in [-0.2, 0) is 10.0 Å². The number of sulfonamides is 1. The molecule has 0 amide bonds. The van der Waals surface area contributed by atoms with Gasteiger partial charge < -0.3 is 9.47 Å². The maximum absolute atomic E-state index is 12.4. The van der Waals surface area contributed by atoms with E-state index in [9.17, 15) is 8.42 Å². The molecule has 3 aromatic rings. The summed E-state index contributed by atoms with van der Waals surface area (Å²) in [6, 6.07) is 17.8. The summed E-state index contributed by atoms with van der Waals surface area (Å²) in [5, 5.41) is 6.11. The summed E-state index contributed by atoms with van der Waals surface area (Å²) in [4.78, 5) is 2.41. The molecule has 0 bridgehead atoms. The smallest absolute Gasteiger partial charge is 0.276 e. The topological polar surface area (TPSA) is 77.0 Å². The Balaban J connectivity index is 1.79. The average molecular weight is 398 g/mol. The van der Waals surface area contributed by atoms with Gasteiger partial charge in [0.25, 0.3) is 10.0 Å². The van der Waals surface area contributed by atoms with Crippen LogP contribution < -0.4 is 14.3 Å². The van der Waals surface area contributed by atoms with Crippen molar-refractivity contribution in [2.24, 2.45) is 5.10 Å². The monoisotopic (exact) mass is 398 g/mol. The maximum atomic E-state index is 12.4. The maximum Gasteiger partial charge on any atom is 0.276 e. The van der Waals surface area contributed by atoms with Crippen molar-refractivity contribution in [2.45, 2.75) is 18.7 Å². The van der Waals surface area contributed by atoms with Crippen LogP contribution in [0.25, 0.3) is 10.8 Å². The molecule has 3 aromatic carbocycles. The van der Waals surface area contributed by atoms with Crippen LogP contribution in [0.3, 0.4) is 0 Å². The zero-order valence-electron chi connectivity index (χ0n) is 16.0. The molecule has 0 saturated carbocycles. The fraction of sp³-hybridized carbons (Fsp3) is 0.190. The highest BCUT2D eigenvalue weighted by Gasteiger charge is 2.13. The lowest BCUT2D eigenvalue weighted by Crippen LogP contribution is -2.20. The summed E-state index contributed by atoms with van der Waals surface area (Å²) in [6.07, 6.45) is 0. The number of nitrogens with zero attached hydrogens (tertiary/aromatic N) is 1.